The molecule has 3 aromatic rings. The van der Waals surface area contributed by atoms with E-state index in [1.165, 1.54) is 13.4 Å². The van der Waals surface area contributed by atoms with E-state index in [1.54, 1.807) is 18.2 Å². The van der Waals surface area contributed by atoms with Crippen molar-refractivity contribution >= 4 is 44.6 Å². The van der Waals surface area contributed by atoms with Gasteiger partial charge >= 0.3 is 5.69 Å². The summed E-state index contributed by atoms with van der Waals surface area (Å²) in [4.78, 5) is 19.3. The van der Waals surface area contributed by atoms with E-state index < -0.39 is 4.92 Å². The van der Waals surface area contributed by atoms with E-state index in [9.17, 15) is 10.1 Å². The van der Waals surface area contributed by atoms with Crippen LogP contribution >= 0.6 is 15.9 Å². The molecule has 9 heteroatoms. The molecule has 2 aromatic carbocycles. The fourth-order valence-electron chi connectivity index (χ4n) is 2.45. The highest BCUT2D eigenvalue weighted by atomic mass is 79.9. The number of halogens is 1. The molecule has 0 unspecified atom stereocenters. The van der Waals surface area contributed by atoms with E-state index in [0.717, 1.165) is 10.0 Å². The SMILES string of the molecule is COc1ccc(C)cc1Nc1ncnc(Nc2ccc(Br)cc2)c1[N+](=O)[O-]. The third kappa shape index (κ3) is 4.32. The third-order valence-electron chi connectivity index (χ3n) is 3.72. The molecule has 0 atom stereocenters. The van der Waals surface area contributed by atoms with E-state index in [4.69, 9.17) is 4.74 Å². The van der Waals surface area contributed by atoms with E-state index in [1.807, 2.05) is 31.2 Å². The highest BCUT2D eigenvalue weighted by molar-refractivity contribution is 9.10. The second-order valence-electron chi connectivity index (χ2n) is 5.64. The van der Waals surface area contributed by atoms with Gasteiger partial charge in [0.2, 0.25) is 11.6 Å². The highest BCUT2D eigenvalue weighted by Gasteiger charge is 2.24. The van der Waals surface area contributed by atoms with Crippen LogP contribution in [0.15, 0.2) is 53.3 Å². The highest BCUT2D eigenvalue weighted by Crippen LogP contribution is 2.35. The molecule has 0 amide bonds. The Morgan fingerprint density at radius 2 is 1.74 bits per heavy atom. The standard InChI is InChI=1S/C18H16BrN5O3/c1-11-3-8-15(27-2)14(9-11)23-18-16(24(25)26)17(20-10-21-18)22-13-6-4-12(19)5-7-13/h3-10H,1-2H3,(H2,20,21,22,23). The van der Waals surface area contributed by atoms with Gasteiger partial charge in [0.05, 0.1) is 17.7 Å². The van der Waals surface area contributed by atoms with Crippen LogP contribution in [0.2, 0.25) is 0 Å². The van der Waals surface area contributed by atoms with Crippen molar-refractivity contribution in [2.75, 3.05) is 17.7 Å². The maximum atomic E-state index is 11.7. The third-order valence-corrected chi connectivity index (χ3v) is 4.25. The number of aromatic nitrogens is 2. The summed E-state index contributed by atoms with van der Waals surface area (Å²) >= 11 is 3.35. The lowest BCUT2D eigenvalue weighted by Crippen LogP contribution is -2.06. The predicted octanol–water partition coefficient (Wildman–Crippen LogP) is 4.95. The average Bonchev–Trinajstić information content (AvgIpc) is 2.64. The zero-order valence-corrected chi connectivity index (χ0v) is 16.1. The second kappa shape index (κ2) is 8.00. The van der Waals surface area contributed by atoms with Crippen molar-refractivity contribution in [3.8, 4) is 5.75 Å². The minimum atomic E-state index is -0.522. The Morgan fingerprint density at radius 1 is 1.07 bits per heavy atom. The smallest absolute Gasteiger partial charge is 0.353 e. The summed E-state index contributed by atoms with van der Waals surface area (Å²) in [6.07, 6.45) is 1.26. The number of rotatable bonds is 6. The number of hydrogen-bond acceptors (Lipinski definition) is 7. The number of anilines is 4. The first-order valence-corrected chi connectivity index (χ1v) is 8.71. The number of methoxy groups -OCH3 is 1. The Kier molecular flexibility index (Phi) is 5.51. The van der Waals surface area contributed by atoms with Crippen LogP contribution < -0.4 is 15.4 Å². The van der Waals surface area contributed by atoms with Crippen molar-refractivity contribution in [3.05, 3.63) is 68.9 Å². The number of hydrogen-bond donors (Lipinski definition) is 2. The van der Waals surface area contributed by atoms with Crippen LogP contribution in [-0.2, 0) is 0 Å². The fourth-order valence-corrected chi connectivity index (χ4v) is 2.72. The fraction of sp³-hybridized carbons (Fsp3) is 0.111. The van der Waals surface area contributed by atoms with Crippen LogP contribution in [0.25, 0.3) is 0 Å². The molecule has 2 N–H and O–H groups in total. The van der Waals surface area contributed by atoms with E-state index in [0.29, 0.717) is 17.1 Å². The predicted molar refractivity (Wildman–Crippen MR) is 107 cm³/mol. The van der Waals surface area contributed by atoms with Gasteiger partial charge in [0, 0.05) is 10.2 Å². The molecule has 1 heterocycles. The molecule has 0 aliphatic rings. The Balaban J connectivity index is 2.00. The van der Waals surface area contributed by atoms with E-state index >= 15 is 0 Å². The zero-order chi connectivity index (χ0) is 19.4. The molecule has 0 aliphatic heterocycles. The molecule has 27 heavy (non-hydrogen) atoms. The summed E-state index contributed by atoms with van der Waals surface area (Å²) in [6.45, 7) is 1.92. The Morgan fingerprint density at radius 3 is 2.37 bits per heavy atom. The van der Waals surface area contributed by atoms with Crippen molar-refractivity contribution in [1.82, 2.24) is 9.97 Å². The van der Waals surface area contributed by atoms with Crippen LogP contribution in [0.4, 0.5) is 28.7 Å². The minimum Gasteiger partial charge on any atom is -0.495 e. The van der Waals surface area contributed by atoms with Crippen LogP contribution in [0, 0.1) is 17.0 Å². The number of benzene rings is 2. The normalized spacial score (nSPS) is 10.3. The van der Waals surface area contributed by atoms with Gasteiger partial charge in [0.1, 0.15) is 12.1 Å². The average molecular weight is 430 g/mol. The summed E-state index contributed by atoms with van der Waals surface area (Å²) in [5, 5.41) is 17.7. The Bertz CT molecular complexity index is 979. The Hall–Kier alpha value is -3.20. The molecule has 0 fully saturated rings. The molecule has 138 valence electrons. The van der Waals surface area contributed by atoms with E-state index in [2.05, 4.69) is 36.5 Å². The Labute approximate surface area is 163 Å². The minimum absolute atomic E-state index is 0.0681. The van der Waals surface area contributed by atoms with Crippen molar-refractivity contribution in [1.29, 1.82) is 0 Å². The van der Waals surface area contributed by atoms with Gasteiger partial charge in [-0.15, -0.1) is 0 Å². The van der Waals surface area contributed by atoms with Crippen molar-refractivity contribution in [3.63, 3.8) is 0 Å². The van der Waals surface area contributed by atoms with Crippen LogP contribution in [-0.4, -0.2) is 22.0 Å². The number of ether oxygens (including phenoxy) is 1. The van der Waals surface area contributed by atoms with Gasteiger partial charge in [-0.1, -0.05) is 22.0 Å². The molecule has 0 bridgehead atoms. The molecule has 0 radical (unpaired) electrons. The van der Waals surface area contributed by atoms with Crippen LogP contribution in [0.3, 0.4) is 0 Å². The molecule has 1 aromatic heterocycles. The summed E-state index contributed by atoms with van der Waals surface area (Å²) < 4.78 is 6.22. The van der Waals surface area contributed by atoms with Gasteiger partial charge < -0.3 is 15.4 Å². The molecule has 8 nitrogen and oxygen atoms in total. The van der Waals surface area contributed by atoms with Gasteiger partial charge in [-0.3, -0.25) is 10.1 Å². The maximum absolute atomic E-state index is 11.7. The molecule has 3 rings (SSSR count). The van der Waals surface area contributed by atoms with Crippen LogP contribution in [0.1, 0.15) is 5.56 Å². The maximum Gasteiger partial charge on any atom is 0.353 e. The molecule has 0 saturated heterocycles. The first kappa shape index (κ1) is 18.6. The first-order valence-electron chi connectivity index (χ1n) is 7.91. The van der Waals surface area contributed by atoms with Gasteiger partial charge in [0.15, 0.2) is 0 Å². The van der Waals surface area contributed by atoms with Crippen molar-refractivity contribution in [2.24, 2.45) is 0 Å². The summed E-state index contributed by atoms with van der Waals surface area (Å²) in [6, 6.07) is 12.7. The molecule has 0 saturated carbocycles. The van der Waals surface area contributed by atoms with Gasteiger partial charge in [0.25, 0.3) is 0 Å². The number of nitrogens with zero attached hydrogens (tertiary/aromatic N) is 3. The lowest BCUT2D eigenvalue weighted by molar-refractivity contribution is -0.383. The summed E-state index contributed by atoms with van der Waals surface area (Å²) in [5.74, 6) is 0.709. The van der Waals surface area contributed by atoms with Crippen molar-refractivity contribution in [2.45, 2.75) is 6.92 Å². The van der Waals surface area contributed by atoms with E-state index in [-0.39, 0.29) is 17.3 Å². The first-order chi connectivity index (χ1) is 13.0. The van der Waals surface area contributed by atoms with Gasteiger partial charge in [-0.05, 0) is 48.9 Å². The molecule has 0 spiro atoms. The number of aryl methyl sites for hydroxylation is 1. The lowest BCUT2D eigenvalue weighted by Gasteiger charge is -2.13. The second-order valence-corrected chi connectivity index (χ2v) is 6.55. The zero-order valence-electron chi connectivity index (χ0n) is 14.6. The van der Waals surface area contributed by atoms with Gasteiger partial charge in [-0.2, -0.15) is 0 Å². The van der Waals surface area contributed by atoms with Gasteiger partial charge in [-0.25, -0.2) is 9.97 Å². The topological polar surface area (TPSA) is 102 Å². The molecule has 0 aliphatic carbocycles. The summed E-state index contributed by atoms with van der Waals surface area (Å²) in [7, 11) is 1.53. The number of nitro groups is 1. The lowest BCUT2D eigenvalue weighted by atomic mass is 10.2. The van der Waals surface area contributed by atoms with Crippen LogP contribution in [0.5, 0.6) is 5.75 Å². The monoisotopic (exact) mass is 429 g/mol. The molecular weight excluding hydrogens is 414 g/mol. The number of nitrogens with one attached hydrogen (secondary N) is 2. The molecular formula is C18H16BrN5O3. The summed E-state index contributed by atoms with van der Waals surface area (Å²) in [5.41, 5.74) is 1.96. The quantitative estimate of drug-likeness (QED) is 0.421. The van der Waals surface area contributed by atoms with Crippen molar-refractivity contribution < 1.29 is 9.66 Å². The largest absolute Gasteiger partial charge is 0.495 e.